The van der Waals surface area contributed by atoms with Gasteiger partial charge in [0.05, 0.1) is 18.8 Å². The Morgan fingerprint density at radius 3 is 2.67 bits per heavy atom. The summed E-state index contributed by atoms with van der Waals surface area (Å²) in [6.07, 6.45) is -4.53. The maximum atomic E-state index is 14.3. The van der Waals surface area contributed by atoms with E-state index in [2.05, 4.69) is 9.72 Å². The van der Waals surface area contributed by atoms with Crippen LogP contribution < -0.4 is 9.47 Å². The minimum atomic E-state index is -4.91. The van der Waals surface area contributed by atoms with Crippen molar-refractivity contribution in [1.82, 2.24) is 14.8 Å². The van der Waals surface area contributed by atoms with Crippen molar-refractivity contribution in [1.29, 1.82) is 0 Å². The number of carbonyl (C=O) groups excluding carboxylic acids is 2. The highest BCUT2D eigenvalue weighted by atomic mass is 19.4. The zero-order valence-corrected chi connectivity index (χ0v) is 16.0. The van der Waals surface area contributed by atoms with Gasteiger partial charge in [-0.1, -0.05) is 6.92 Å². The van der Waals surface area contributed by atoms with Gasteiger partial charge in [0.2, 0.25) is 11.8 Å². The molecular formula is C18H20F5N3O4. The number of hydrogen-bond acceptors (Lipinski definition) is 5. The molecule has 0 aromatic carbocycles. The number of ether oxygens (including phenoxy) is 2. The summed E-state index contributed by atoms with van der Waals surface area (Å²) in [7, 11) is 0. The molecule has 3 rings (SSSR count). The highest BCUT2D eigenvalue weighted by Gasteiger charge is 2.46. The van der Waals surface area contributed by atoms with Gasteiger partial charge in [-0.2, -0.15) is 0 Å². The molecule has 7 nitrogen and oxygen atoms in total. The van der Waals surface area contributed by atoms with E-state index in [0.29, 0.717) is 25.6 Å². The van der Waals surface area contributed by atoms with Gasteiger partial charge < -0.3 is 14.4 Å². The quantitative estimate of drug-likeness (QED) is 0.678. The minimum Gasteiger partial charge on any atom is -0.404 e. The number of likely N-dealkylation sites (tertiary alicyclic amines) is 2. The first-order valence-corrected chi connectivity index (χ1v) is 9.30. The predicted molar refractivity (Wildman–Crippen MR) is 92.0 cm³/mol. The Morgan fingerprint density at radius 1 is 1.30 bits per heavy atom. The fourth-order valence-corrected chi connectivity index (χ4v) is 3.64. The average molecular weight is 437 g/mol. The molecule has 0 radical (unpaired) electrons. The maximum Gasteiger partial charge on any atom is 0.573 e. The highest BCUT2D eigenvalue weighted by molar-refractivity contribution is 5.79. The molecule has 0 bridgehead atoms. The molecule has 1 aromatic rings. The summed E-state index contributed by atoms with van der Waals surface area (Å²) < 4.78 is 73.6. The summed E-state index contributed by atoms with van der Waals surface area (Å²) in [5, 5.41) is 0. The largest absolute Gasteiger partial charge is 0.573 e. The van der Waals surface area contributed by atoms with Crippen LogP contribution in [0, 0.1) is 5.92 Å². The van der Waals surface area contributed by atoms with Crippen molar-refractivity contribution in [3.63, 3.8) is 0 Å². The second-order valence-electron chi connectivity index (χ2n) is 7.42. The van der Waals surface area contributed by atoms with Crippen molar-refractivity contribution < 1.29 is 41.0 Å². The molecule has 30 heavy (non-hydrogen) atoms. The molecule has 2 aliphatic rings. The summed E-state index contributed by atoms with van der Waals surface area (Å²) in [5.41, 5.74) is 0. The fraction of sp³-hybridized carbons (Fsp3) is 0.611. The Hall–Kier alpha value is -2.66. The number of halogens is 5. The van der Waals surface area contributed by atoms with Crippen LogP contribution in [0.5, 0.6) is 11.6 Å². The lowest BCUT2D eigenvalue weighted by atomic mass is 9.94. The lowest BCUT2D eigenvalue weighted by Crippen LogP contribution is -2.60. The normalized spacial score (nSPS) is 24.5. The van der Waals surface area contributed by atoms with Gasteiger partial charge in [-0.05, 0) is 18.9 Å². The lowest BCUT2D eigenvalue weighted by molar-refractivity contribution is -0.274. The molecule has 1 unspecified atom stereocenters. The van der Waals surface area contributed by atoms with Gasteiger partial charge in [0, 0.05) is 31.5 Å². The molecule has 12 heteroatoms. The van der Waals surface area contributed by atoms with E-state index in [1.807, 2.05) is 0 Å². The van der Waals surface area contributed by atoms with E-state index in [4.69, 9.17) is 4.74 Å². The van der Waals surface area contributed by atoms with Crippen molar-refractivity contribution in [2.75, 3.05) is 19.6 Å². The van der Waals surface area contributed by atoms with E-state index in [1.54, 1.807) is 6.92 Å². The topological polar surface area (TPSA) is 72.0 Å². The molecule has 0 spiro atoms. The molecule has 2 aliphatic heterocycles. The van der Waals surface area contributed by atoms with Gasteiger partial charge in [0.1, 0.15) is 5.75 Å². The number of rotatable bonds is 3. The SMILES string of the molecule is C[C@@H]1CCCN(C2CN(C(=O)Oc3ccc(OC(F)(F)F)cn3)CC(F)(F)C2)C1=O. The van der Waals surface area contributed by atoms with Crippen molar-refractivity contribution in [2.45, 2.75) is 44.5 Å². The van der Waals surface area contributed by atoms with E-state index in [1.165, 1.54) is 4.90 Å². The number of amides is 2. The van der Waals surface area contributed by atoms with Gasteiger partial charge in [-0.3, -0.25) is 9.69 Å². The number of piperidine rings is 2. The van der Waals surface area contributed by atoms with E-state index in [0.717, 1.165) is 17.0 Å². The van der Waals surface area contributed by atoms with Crippen molar-refractivity contribution in [3.8, 4) is 11.6 Å². The van der Waals surface area contributed by atoms with Crippen LogP contribution in [0.4, 0.5) is 26.7 Å². The van der Waals surface area contributed by atoms with Crippen molar-refractivity contribution in [3.05, 3.63) is 18.3 Å². The zero-order valence-electron chi connectivity index (χ0n) is 16.0. The van der Waals surface area contributed by atoms with Gasteiger partial charge in [-0.15, -0.1) is 13.2 Å². The summed E-state index contributed by atoms with van der Waals surface area (Å²) in [6.45, 7) is 1.05. The Morgan fingerprint density at radius 2 is 2.03 bits per heavy atom. The number of aromatic nitrogens is 1. The first-order chi connectivity index (χ1) is 13.9. The third-order valence-corrected chi connectivity index (χ3v) is 4.96. The van der Waals surface area contributed by atoms with E-state index >= 15 is 0 Å². The van der Waals surface area contributed by atoms with Crippen molar-refractivity contribution >= 4 is 12.0 Å². The molecule has 0 saturated carbocycles. The van der Waals surface area contributed by atoms with E-state index in [9.17, 15) is 31.5 Å². The summed E-state index contributed by atoms with van der Waals surface area (Å²) >= 11 is 0. The van der Waals surface area contributed by atoms with Crippen LogP contribution in [0.2, 0.25) is 0 Å². The molecule has 0 N–H and O–H groups in total. The first kappa shape index (κ1) is 22.0. The van der Waals surface area contributed by atoms with Crippen LogP contribution >= 0.6 is 0 Å². The standard InChI is InChI=1S/C18H20F5N3O4/c1-11-3-2-6-26(15(11)27)12-7-17(19,20)10-25(9-12)16(28)29-14-5-4-13(8-24-14)30-18(21,22)23/h4-5,8,11-12H,2-3,6-7,9-10H2,1H3/t11-,12?/m1/s1. The Labute approximate surface area is 168 Å². The van der Waals surface area contributed by atoms with Gasteiger partial charge in [-0.25, -0.2) is 18.6 Å². The van der Waals surface area contributed by atoms with Crippen molar-refractivity contribution in [2.24, 2.45) is 5.92 Å². The predicted octanol–water partition coefficient (Wildman–Crippen LogP) is 3.45. The smallest absolute Gasteiger partial charge is 0.404 e. The molecule has 2 amide bonds. The van der Waals surface area contributed by atoms with Crippen LogP contribution in [0.15, 0.2) is 18.3 Å². The Bertz CT molecular complexity index is 787. The molecular weight excluding hydrogens is 417 g/mol. The molecule has 3 heterocycles. The van der Waals surface area contributed by atoms with Gasteiger partial charge >= 0.3 is 12.5 Å². The minimum absolute atomic E-state index is 0.137. The Balaban J connectivity index is 1.66. The van der Waals surface area contributed by atoms with Crippen LogP contribution in [-0.4, -0.2) is 64.7 Å². The van der Waals surface area contributed by atoms with Crippen LogP contribution in [0.25, 0.3) is 0 Å². The monoisotopic (exact) mass is 437 g/mol. The summed E-state index contributed by atoms with van der Waals surface area (Å²) in [5.74, 6) is -4.71. The Kier molecular flexibility index (Phi) is 6.04. The van der Waals surface area contributed by atoms with E-state index in [-0.39, 0.29) is 24.2 Å². The van der Waals surface area contributed by atoms with Gasteiger partial charge in [0.15, 0.2) is 0 Å². The summed E-state index contributed by atoms with van der Waals surface area (Å²) in [4.78, 5) is 30.4. The first-order valence-electron chi connectivity index (χ1n) is 9.30. The average Bonchev–Trinajstić information content (AvgIpc) is 2.63. The molecule has 1 aromatic heterocycles. The zero-order chi connectivity index (χ0) is 22.1. The maximum absolute atomic E-state index is 14.3. The van der Waals surface area contributed by atoms with Gasteiger partial charge in [0.25, 0.3) is 5.92 Å². The highest BCUT2D eigenvalue weighted by Crippen LogP contribution is 2.32. The molecule has 2 atom stereocenters. The third-order valence-electron chi connectivity index (χ3n) is 4.96. The summed E-state index contributed by atoms with van der Waals surface area (Å²) in [6, 6.07) is 0.978. The number of hydrogen-bond donors (Lipinski definition) is 0. The number of alkyl halides is 5. The molecule has 0 aliphatic carbocycles. The van der Waals surface area contributed by atoms with Crippen LogP contribution in [0.3, 0.4) is 0 Å². The molecule has 2 saturated heterocycles. The van der Waals surface area contributed by atoms with Crippen LogP contribution in [0.1, 0.15) is 26.2 Å². The second kappa shape index (κ2) is 8.23. The lowest BCUT2D eigenvalue weighted by Gasteiger charge is -2.44. The second-order valence-corrected chi connectivity index (χ2v) is 7.42. The van der Waals surface area contributed by atoms with E-state index < -0.39 is 43.1 Å². The number of pyridine rings is 1. The fourth-order valence-electron chi connectivity index (χ4n) is 3.64. The number of nitrogens with zero attached hydrogens (tertiary/aromatic N) is 3. The molecule has 166 valence electrons. The molecule has 2 fully saturated rings. The third kappa shape index (κ3) is 5.48. The number of carbonyl (C=O) groups is 2. The van der Waals surface area contributed by atoms with Crippen LogP contribution in [-0.2, 0) is 4.79 Å².